The van der Waals surface area contributed by atoms with Crippen LogP contribution in [0.2, 0.25) is 0 Å². The number of carbonyl (C=O) groups excluding carboxylic acids is 2. The maximum absolute atomic E-state index is 13.1. The highest BCUT2D eigenvalue weighted by Gasteiger charge is 2.22. The van der Waals surface area contributed by atoms with Gasteiger partial charge in [-0.25, -0.2) is 19.2 Å². The zero-order chi connectivity index (χ0) is 19.1. The fourth-order valence-electron chi connectivity index (χ4n) is 2.66. The van der Waals surface area contributed by atoms with Crippen LogP contribution in [0.3, 0.4) is 0 Å². The number of anilines is 1. The summed E-state index contributed by atoms with van der Waals surface area (Å²) in [4.78, 5) is 35.9. The molecule has 140 valence electrons. The average Bonchev–Trinajstić information content (AvgIpc) is 2.71. The van der Waals surface area contributed by atoms with Crippen LogP contribution in [0.4, 0.5) is 10.3 Å². The Morgan fingerprint density at radius 3 is 2.56 bits per heavy atom. The number of ether oxygens (including phenoxy) is 1. The summed E-state index contributed by atoms with van der Waals surface area (Å²) in [6.45, 7) is 1.92. The summed E-state index contributed by atoms with van der Waals surface area (Å²) in [7, 11) is 0. The van der Waals surface area contributed by atoms with Crippen molar-refractivity contribution in [1.82, 2.24) is 14.9 Å². The molecule has 3 rings (SSSR count). The maximum Gasteiger partial charge on any atom is 0.331 e. The number of aromatic nitrogens is 2. The zero-order valence-electron chi connectivity index (χ0n) is 14.6. The van der Waals surface area contributed by atoms with Gasteiger partial charge in [0.2, 0.25) is 5.95 Å². The van der Waals surface area contributed by atoms with E-state index in [1.54, 1.807) is 35.5 Å². The van der Waals surface area contributed by atoms with Crippen LogP contribution >= 0.6 is 0 Å². The Kier molecular flexibility index (Phi) is 6.09. The molecule has 0 saturated carbocycles. The monoisotopic (exact) mass is 370 g/mol. The fraction of sp³-hybridized carbons (Fsp3) is 0.263. The minimum atomic E-state index is -0.649. The van der Waals surface area contributed by atoms with Crippen molar-refractivity contribution in [1.29, 1.82) is 0 Å². The third-order valence-electron chi connectivity index (χ3n) is 4.07. The van der Waals surface area contributed by atoms with E-state index in [2.05, 4.69) is 9.97 Å². The van der Waals surface area contributed by atoms with Crippen molar-refractivity contribution in [2.45, 2.75) is 0 Å². The first-order chi connectivity index (χ1) is 13.1. The van der Waals surface area contributed by atoms with Gasteiger partial charge in [-0.3, -0.25) is 4.79 Å². The number of benzene rings is 1. The summed E-state index contributed by atoms with van der Waals surface area (Å²) in [6, 6.07) is 7.57. The van der Waals surface area contributed by atoms with E-state index in [4.69, 9.17) is 4.74 Å². The zero-order valence-corrected chi connectivity index (χ0v) is 14.6. The first kappa shape index (κ1) is 18.5. The smallest absolute Gasteiger partial charge is 0.331 e. The predicted molar refractivity (Wildman–Crippen MR) is 97.2 cm³/mol. The standard InChI is InChI=1S/C19H19FN4O3/c20-16-4-1-3-15(13-16)5-6-18(26)27-14-17(25)23-9-11-24(12-10-23)19-21-7-2-8-22-19/h1-8,13H,9-12,14H2/b6-5+. The van der Waals surface area contributed by atoms with Crippen molar-refractivity contribution in [3.8, 4) is 0 Å². The normalized spacial score (nSPS) is 14.4. The maximum atomic E-state index is 13.1. The first-order valence-corrected chi connectivity index (χ1v) is 8.52. The molecule has 1 aliphatic heterocycles. The van der Waals surface area contributed by atoms with Crippen molar-refractivity contribution in [2.24, 2.45) is 0 Å². The Hall–Kier alpha value is -3.29. The Morgan fingerprint density at radius 2 is 1.85 bits per heavy atom. The highest BCUT2D eigenvalue weighted by Crippen LogP contribution is 2.10. The predicted octanol–water partition coefficient (Wildman–Crippen LogP) is 1.52. The number of piperazine rings is 1. The van der Waals surface area contributed by atoms with Crippen LogP contribution in [-0.4, -0.2) is 59.5 Å². The first-order valence-electron chi connectivity index (χ1n) is 8.52. The van der Waals surface area contributed by atoms with E-state index in [9.17, 15) is 14.0 Å². The second-order valence-electron chi connectivity index (χ2n) is 5.91. The van der Waals surface area contributed by atoms with E-state index >= 15 is 0 Å². The van der Waals surface area contributed by atoms with Gasteiger partial charge in [-0.1, -0.05) is 12.1 Å². The highest BCUT2D eigenvalue weighted by atomic mass is 19.1. The van der Waals surface area contributed by atoms with Crippen molar-refractivity contribution in [3.05, 3.63) is 60.2 Å². The second kappa shape index (κ2) is 8.88. The van der Waals surface area contributed by atoms with Crippen LogP contribution in [0.5, 0.6) is 0 Å². The molecule has 0 aliphatic carbocycles. The lowest BCUT2D eigenvalue weighted by atomic mass is 10.2. The van der Waals surface area contributed by atoms with Gasteiger partial charge < -0.3 is 14.5 Å². The summed E-state index contributed by atoms with van der Waals surface area (Å²) < 4.78 is 18.0. The summed E-state index contributed by atoms with van der Waals surface area (Å²) in [6.07, 6.45) is 5.97. The molecule has 0 N–H and O–H groups in total. The Balaban J connectivity index is 1.42. The molecule has 1 aliphatic rings. The van der Waals surface area contributed by atoms with E-state index in [1.807, 2.05) is 4.90 Å². The van der Waals surface area contributed by atoms with Crippen LogP contribution in [0.15, 0.2) is 48.8 Å². The number of hydrogen-bond donors (Lipinski definition) is 0. The molecule has 1 aromatic carbocycles. The molecule has 1 saturated heterocycles. The average molecular weight is 370 g/mol. The molecule has 2 aromatic rings. The van der Waals surface area contributed by atoms with Gasteiger partial charge in [0.15, 0.2) is 6.61 Å². The van der Waals surface area contributed by atoms with Gasteiger partial charge in [-0.2, -0.15) is 0 Å². The van der Waals surface area contributed by atoms with Crippen molar-refractivity contribution in [2.75, 3.05) is 37.7 Å². The van der Waals surface area contributed by atoms with Crippen molar-refractivity contribution >= 4 is 23.9 Å². The minimum absolute atomic E-state index is 0.254. The molecule has 0 radical (unpaired) electrons. The largest absolute Gasteiger partial charge is 0.452 e. The van der Waals surface area contributed by atoms with Gasteiger partial charge in [0, 0.05) is 44.6 Å². The number of nitrogens with zero attached hydrogens (tertiary/aromatic N) is 4. The Labute approximate surface area is 156 Å². The quantitative estimate of drug-likeness (QED) is 0.587. The van der Waals surface area contributed by atoms with E-state index in [1.165, 1.54) is 24.3 Å². The van der Waals surface area contributed by atoms with E-state index < -0.39 is 5.97 Å². The van der Waals surface area contributed by atoms with Crippen LogP contribution in [0, 0.1) is 5.82 Å². The minimum Gasteiger partial charge on any atom is -0.452 e. The lowest BCUT2D eigenvalue weighted by molar-refractivity contribution is -0.148. The van der Waals surface area contributed by atoms with E-state index in [0.29, 0.717) is 37.7 Å². The Bertz CT molecular complexity index is 821. The van der Waals surface area contributed by atoms with Crippen molar-refractivity contribution in [3.63, 3.8) is 0 Å². The SMILES string of the molecule is O=C(/C=C/c1cccc(F)c1)OCC(=O)N1CCN(c2ncccn2)CC1. The van der Waals surface area contributed by atoms with Gasteiger partial charge in [0.1, 0.15) is 5.82 Å². The topological polar surface area (TPSA) is 75.6 Å². The molecule has 8 heteroatoms. The number of esters is 1. The number of halogens is 1. The van der Waals surface area contributed by atoms with Gasteiger partial charge in [0.25, 0.3) is 5.91 Å². The van der Waals surface area contributed by atoms with Crippen LogP contribution in [0.1, 0.15) is 5.56 Å². The molecule has 0 bridgehead atoms. The van der Waals surface area contributed by atoms with E-state index in [-0.39, 0.29) is 18.3 Å². The lowest BCUT2D eigenvalue weighted by Gasteiger charge is -2.34. The van der Waals surface area contributed by atoms with Crippen LogP contribution in [0.25, 0.3) is 6.08 Å². The summed E-state index contributed by atoms with van der Waals surface area (Å²) in [5, 5.41) is 0. The molecule has 1 fully saturated rings. The highest BCUT2D eigenvalue weighted by molar-refractivity contribution is 5.89. The molecule has 0 spiro atoms. The van der Waals surface area contributed by atoms with Crippen molar-refractivity contribution < 1.29 is 18.7 Å². The molecule has 0 unspecified atom stereocenters. The summed E-state index contributed by atoms with van der Waals surface area (Å²) in [5.74, 6) is -0.653. The second-order valence-corrected chi connectivity index (χ2v) is 5.91. The fourth-order valence-corrected chi connectivity index (χ4v) is 2.66. The van der Waals surface area contributed by atoms with Gasteiger partial charge >= 0.3 is 5.97 Å². The van der Waals surface area contributed by atoms with Crippen LogP contribution in [-0.2, 0) is 14.3 Å². The van der Waals surface area contributed by atoms with Gasteiger partial charge in [0.05, 0.1) is 0 Å². The third-order valence-corrected chi connectivity index (χ3v) is 4.07. The number of carbonyl (C=O) groups is 2. The molecule has 7 nitrogen and oxygen atoms in total. The molecule has 1 aromatic heterocycles. The molecule has 0 atom stereocenters. The number of rotatable bonds is 5. The van der Waals surface area contributed by atoms with E-state index in [0.717, 1.165) is 0 Å². The lowest BCUT2D eigenvalue weighted by Crippen LogP contribution is -2.50. The van der Waals surface area contributed by atoms with Crippen LogP contribution < -0.4 is 4.90 Å². The molecule has 27 heavy (non-hydrogen) atoms. The molecule has 2 heterocycles. The Morgan fingerprint density at radius 1 is 1.11 bits per heavy atom. The van der Waals surface area contributed by atoms with Gasteiger partial charge in [-0.15, -0.1) is 0 Å². The summed E-state index contributed by atoms with van der Waals surface area (Å²) >= 11 is 0. The molecular formula is C19H19FN4O3. The molecule has 1 amide bonds. The molecular weight excluding hydrogens is 351 g/mol. The number of hydrogen-bond acceptors (Lipinski definition) is 6. The third kappa shape index (κ3) is 5.34. The van der Waals surface area contributed by atoms with Gasteiger partial charge in [-0.05, 0) is 29.8 Å². The summed E-state index contributed by atoms with van der Waals surface area (Å²) in [5.41, 5.74) is 0.539. The number of amides is 1.